The van der Waals surface area contributed by atoms with E-state index in [4.69, 9.17) is 4.74 Å². The molecule has 3 rings (SSSR count). The number of methoxy groups -OCH3 is 1. The van der Waals surface area contributed by atoms with Crippen LogP contribution in [0.2, 0.25) is 0 Å². The van der Waals surface area contributed by atoms with Crippen molar-refractivity contribution in [2.24, 2.45) is 4.99 Å². The second-order valence-electron chi connectivity index (χ2n) is 6.39. The first kappa shape index (κ1) is 21.3. The van der Waals surface area contributed by atoms with E-state index in [1.807, 2.05) is 19.2 Å². The number of anilines is 1. The van der Waals surface area contributed by atoms with Crippen molar-refractivity contribution in [2.45, 2.75) is 6.42 Å². The molecular weight excluding hydrogens is 451 g/mol. The average molecular weight is 480 g/mol. The minimum Gasteiger partial charge on any atom is -0.497 e. The number of nitrogens with one attached hydrogen (secondary N) is 1. The van der Waals surface area contributed by atoms with E-state index in [0.29, 0.717) is 0 Å². The highest BCUT2D eigenvalue weighted by atomic mass is 127. The molecule has 0 bridgehead atoms. The van der Waals surface area contributed by atoms with Gasteiger partial charge >= 0.3 is 0 Å². The molecule has 0 aliphatic carbocycles. The molecule has 0 unspecified atom stereocenters. The molecule has 1 N–H and O–H groups in total. The minimum atomic E-state index is 0. The minimum absolute atomic E-state index is 0. The third-order valence-electron chi connectivity index (χ3n) is 4.74. The predicted molar refractivity (Wildman–Crippen MR) is 124 cm³/mol. The number of halogens is 1. The zero-order valence-electron chi connectivity index (χ0n) is 16.1. The third kappa shape index (κ3) is 6.02. The van der Waals surface area contributed by atoms with Crippen LogP contribution in [0, 0.1) is 0 Å². The van der Waals surface area contributed by atoms with E-state index in [0.717, 1.165) is 50.9 Å². The van der Waals surface area contributed by atoms with Gasteiger partial charge in [0.25, 0.3) is 0 Å². The number of hydrogen-bond donors (Lipinski definition) is 1. The van der Waals surface area contributed by atoms with Crippen LogP contribution in [-0.2, 0) is 6.42 Å². The molecule has 0 spiro atoms. The van der Waals surface area contributed by atoms with Crippen LogP contribution in [0.15, 0.2) is 59.6 Å². The van der Waals surface area contributed by atoms with Gasteiger partial charge in [0.1, 0.15) is 5.75 Å². The van der Waals surface area contributed by atoms with Gasteiger partial charge in [0, 0.05) is 45.5 Å². The lowest BCUT2D eigenvalue weighted by atomic mass is 10.1. The summed E-state index contributed by atoms with van der Waals surface area (Å²) in [7, 11) is 3.56. The lowest BCUT2D eigenvalue weighted by molar-refractivity contribution is 0.373. The van der Waals surface area contributed by atoms with Crippen LogP contribution in [0.4, 0.5) is 5.69 Å². The average Bonchev–Trinajstić information content (AvgIpc) is 2.72. The van der Waals surface area contributed by atoms with Crippen molar-refractivity contribution in [3.8, 4) is 5.75 Å². The molecule has 0 saturated carbocycles. The number of rotatable bonds is 5. The molecular formula is C21H29IN4O. The lowest BCUT2D eigenvalue weighted by Gasteiger charge is -2.37. The van der Waals surface area contributed by atoms with Gasteiger partial charge in [-0.3, -0.25) is 4.99 Å². The number of aliphatic imine (C=N–C) groups is 1. The van der Waals surface area contributed by atoms with Crippen LogP contribution in [-0.4, -0.2) is 57.7 Å². The molecule has 2 aromatic carbocycles. The van der Waals surface area contributed by atoms with Crippen LogP contribution < -0.4 is 15.0 Å². The van der Waals surface area contributed by atoms with E-state index < -0.39 is 0 Å². The summed E-state index contributed by atoms with van der Waals surface area (Å²) >= 11 is 0. The Bertz CT molecular complexity index is 715. The summed E-state index contributed by atoms with van der Waals surface area (Å²) in [5.74, 6) is 1.89. The van der Waals surface area contributed by atoms with E-state index in [1.54, 1.807) is 7.11 Å². The number of piperazine rings is 1. The molecule has 5 nitrogen and oxygen atoms in total. The number of nitrogens with zero attached hydrogens (tertiary/aromatic N) is 3. The van der Waals surface area contributed by atoms with Crippen molar-refractivity contribution in [1.82, 2.24) is 10.2 Å². The first-order valence-electron chi connectivity index (χ1n) is 9.18. The van der Waals surface area contributed by atoms with Crippen molar-refractivity contribution in [3.63, 3.8) is 0 Å². The Hall–Kier alpha value is -1.96. The molecule has 1 saturated heterocycles. The van der Waals surface area contributed by atoms with Crippen LogP contribution in [0.5, 0.6) is 5.75 Å². The number of para-hydroxylation sites is 1. The lowest BCUT2D eigenvalue weighted by Crippen LogP contribution is -2.52. The zero-order chi connectivity index (χ0) is 18.2. The van der Waals surface area contributed by atoms with E-state index >= 15 is 0 Å². The maximum Gasteiger partial charge on any atom is 0.193 e. The van der Waals surface area contributed by atoms with Gasteiger partial charge in [0.2, 0.25) is 0 Å². The molecule has 2 aromatic rings. The SMILES string of the molecule is CN=C(NCCc1cccc(OC)c1)N1CCN(c2ccccc2)CC1.I. The fourth-order valence-electron chi connectivity index (χ4n) is 3.29. The van der Waals surface area contributed by atoms with Crippen molar-refractivity contribution in [2.75, 3.05) is 51.8 Å². The maximum atomic E-state index is 5.29. The molecule has 146 valence electrons. The second kappa shape index (κ2) is 11.0. The Morgan fingerprint density at radius 1 is 1.04 bits per heavy atom. The van der Waals surface area contributed by atoms with Crippen molar-refractivity contribution in [1.29, 1.82) is 0 Å². The summed E-state index contributed by atoms with van der Waals surface area (Å²) in [6, 6.07) is 18.8. The normalized spacial score (nSPS) is 14.5. The summed E-state index contributed by atoms with van der Waals surface area (Å²) in [6.45, 7) is 4.85. The predicted octanol–water partition coefficient (Wildman–Crippen LogP) is 3.25. The summed E-state index contributed by atoms with van der Waals surface area (Å²) in [4.78, 5) is 9.23. The van der Waals surface area contributed by atoms with E-state index in [9.17, 15) is 0 Å². The quantitative estimate of drug-likeness (QED) is 0.405. The summed E-state index contributed by atoms with van der Waals surface area (Å²) in [5.41, 5.74) is 2.56. The summed E-state index contributed by atoms with van der Waals surface area (Å²) < 4.78 is 5.29. The monoisotopic (exact) mass is 480 g/mol. The highest BCUT2D eigenvalue weighted by Gasteiger charge is 2.19. The van der Waals surface area contributed by atoms with Gasteiger partial charge in [0.05, 0.1) is 7.11 Å². The Kier molecular flexibility index (Phi) is 8.71. The largest absolute Gasteiger partial charge is 0.497 e. The summed E-state index contributed by atoms with van der Waals surface area (Å²) in [6.07, 6.45) is 0.945. The maximum absolute atomic E-state index is 5.29. The zero-order valence-corrected chi connectivity index (χ0v) is 18.4. The number of ether oxygens (including phenoxy) is 1. The number of guanidine groups is 1. The molecule has 1 aliphatic heterocycles. The highest BCUT2D eigenvalue weighted by Crippen LogP contribution is 2.16. The number of benzene rings is 2. The van der Waals surface area contributed by atoms with Gasteiger partial charge in [-0.25, -0.2) is 0 Å². The molecule has 1 aliphatic rings. The molecule has 0 radical (unpaired) electrons. The fourth-order valence-corrected chi connectivity index (χ4v) is 3.29. The molecule has 1 heterocycles. The Labute approximate surface area is 179 Å². The van der Waals surface area contributed by atoms with Gasteiger partial charge < -0.3 is 19.9 Å². The molecule has 0 amide bonds. The Balaban J connectivity index is 0.00000261. The topological polar surface area (TPSA) is 40.1 Å². The molecule has 0 atom stereocenters. The number of hydrogen-bond acceptors (Lipinski definition) is 3. The highest BCUT2D eigenvalue weighted by molar-refractivity contribution is 14.0. The van der Waals surface area contributed by atoms with E-state index in [1.165, 1.54) is 11.3 Å². The fraction of sp³-hybridized carbons (Fsp3) is 0.381. The van der Waals surface area contributed by atoms with Crippen LogP contribution >= 0.6 is 24.0 Å². The molecule has 0 aromatic heterocycles. The van der Waals surface area contributed by atoms with Crippen LogP contribution in [0.25, 0.3) is 0 Å². The van der Waals surface area contributed by atoms with Gasteiger partial charge in [0.15, 0.2) is 5.96 Å². The van der Waals surface area contributed by atoms with Gasteiger partial charge in [-0.15, -0.1) is 24.0 Å². The Morgan fingerprint density at radius 3 is 2.44 bits per heavy atom. The van der Waals surface area contributed by atoms with Gasteiger partial charge in [-0.05, 0) is 36.2 Å². The van der Waals surface area contributed by atoms with Gasteiger partial charge in [-0.2, -0.15) is 0 Å². The standard InChI is InChI=1S/C21H28N4O.HI/c1-22-21(23-12-11-18-7-6-10-20(17-18)26-2)25-15-13-24(14-16-25)19-8-4-3-5-9-19;/h3-10,17H,11-16H2,1-2H3,(H,22,23);1H. The Morgan fingerprint density at radius 2 is 1.78 bits per heavy atom. The molecule has 1 fully saturated rings. The molecule has 27 heavy (non-hydrogen) atoms. The second-order valence-corrected chi connectivity index (χ2v) is 6.39. The van der Waals surface area contributed by atoms with Crippen molar-refractivity contribution < 1.29 is 4.74 Å². The molecule has 6 heteroatoms. The third-order valence-corrected chi connectivity index (χ3v) is 4.74. The van der Waals surface area contributed by atoms with Crippen molar-refractivity contribution in [3.05, 3.63) is 60.2 Å². The van der Waals surface area contributed by atoms with E-state index in [2.05, 4.69) is 62.6 Å². The first-order valence-corrected chi connectivity index (χ1v) is 9.18. The summed E-state index contributed by atoms with van der Waals surface area (Å²) in [5, 5.41) is 3.50. The first-order chi connectivity index (χ1) is 12.8. The van der Waals surface area contributed by atoms with Crippen LogP contribution in [0.3, 0.4) is 0 Å². The van der Waals surface area contributed by atoms with Crippen molar-refractivity contribution >= 4 is 35.6 Å². The van der Waals surface area contributed by atoms with E-state index in [-0.39, 0.29) is 24.0 Å². The smallest absolute Gasteiger partial charge is 0.193 e. The van der Waals surface area contributed by atoms with Gasteiger partial charge in [-0.1, -0.05) is 30.3 Å². The van der Waals surface area contributed by atoms with Crippen LogP contribution in [0.1, 0.15) is 5.56 Å².